The van der Waals surface area contributed by atoms with Crippen LogP contribution in [0.1, 0.15) is 39.0 Å². The lowest BCUT2D eigenvalue weighted by atomic mass is 10.0. The number of aryl methyl sites for hydroxylation is 1. The number of methoxy groups -OCH3 is 1. The number of carbonyl (C=O) groups is 2. The number of rotatable bonds is 5. The van der Waals surface area contributed by atoms with E-state index in [1.807, 2.05) is 46.8 Å². The molecule has 1 saturated heterocycles. The van der Waals surface area contributed by atoms with Crippen LogP contribution in [0.15, 0.2) is 54.6 Å². The molecule has 0 saturated carbocycles. The third-order valence-corrected chi connectivity index (χ3v) is 6.95. The first kappa shape index (κ1) is 23.0. The number of ether oxygens (including phenoxy) is 1. The number of amides is 2. The number of hydrogen-bond donors (Lipinski definition) is 0. The first-order valence-electron chi connectivity index (χ1n) is 12.2. The minimum atomic E-state index is -0.0905. The van der Waals surface area contributed by atoms with Gasteiger partial charge in [0.2, 0.25) is 0 Å². The van der Waals surface area contributed by atoms with Gasteiger partial charge in [0.25, 0.3) is 11.8 Å². The summed E-state index contributed by atoms with van der Waals surface area (Å²) in [5.41, 5.74) is 4.12. The second-order valence-corrected chi connectivity index (χ2v) is 8.88. The highest BCUT2D eigenvalue weighted by molar-refractivity contribution is 5.98. The zero-order valence-corrected chi connectivity index (χ0v) is 20.3. The molecule has 2 aliphatic heterocycles. The van der Waals surface area contributed by atoms with Gasteiger partial charge in [-0.25, -0.2) is 0 Å². The summed E-state index contributed by atoms with van der Waals surface area (Å²) in [4.78, 5) is 32.9. The van der Waals surface area contributed by atoms with Crippen molar-refractivity contribution >= 4 is 17.5 Å². The van der Waals surface area contributed by atoms with Crippen molar-refractivity contribution in [3.63, 3.8) is 0 Å². The van der Waals surface area contributed by atoms with Crippen LogP contribution in [0.25, 0.3) is 0 Å². The average Bonchev–Trinajstić information content (AvgIpc) is 3.30. The van der Waals surface area contributed by atoms with Gasteiger partial charge in [0, 0.05) is 62.6 Å². The Morgan fingerprint density at radius 1 is 0.886 bits per heavy atom. The lowest BCUT2D eigenvalue weighted by molar-refractivity contribution is 0.0707. The van der Waals surface area contributed by atoms with Gasteiger partial charge in [0.05, 0.1) is 19.2 Å². The Kier molecular flexibility index (Phi) is 6.44. The molecule has 0 atom stereocenters. The summed E-state index contributed by atoms with van der Waals surface area (Å²) in [5.74, 6) is 0.417. The fraction of sp³-hybridized carbons (Fsp3) is 0.370. The molecule has 1 aromatic heterocycles. The maximum Gasteiger partial charge on any atom is 0.274 e. The van der Waals surface area contributed by atoms with Crippen LogP contribution in [0, 0.1) is 0 Å². The molecule has 0 aliphatic carbocycles. The number of benzene rings is 2. The number of nitrogens with zero attached hydrogens (tertiary/aromatic N) is 5. The number of para-hydroxylation sites is 2. The standard InChI is InChI=1S/C27H31N5O3/c1-3-32-23-13-14-31(26(33)21-11-7-8-12-24(21)35-2)19-22(23)25(28-32)27(34)30-17-15-29(16-18-30)20-9-5-4-6-10-20/h4-12H,3,13-19H2,1-2H3. The molecule has 0 N–H and O–H groups in total. The van der Waals surface area contributed by atoms with Crippen LogP contribution in [-0.4, -0.2) is 71.2 Å². The van der Waals surface area contributed by atoms with E-state index in [2.05, 4.69) is 17.0 Å². The molecule has 1 fully saturated rings. The van der Waals surface area contributed by atoms with E-state index in [-0.39, 0.29) is 11.8 Å². The summed E-state index contributed by atoms with van der Waals surface area (Å²) in [6.07, 6.45) is 0.673. The lowest BCUT2D eigenvalue weighted by Crippen LogP contribution is -2.49. The van der Waals surface area contributed by atoms with Crippen LogP contribution in [0.4, 0.5) is 5.69 Å². The monoisotopic (exact) mass is 473 g/mol. The van der Waals surface area contributed by atoms with E-state index < -0.39 is 0 Å². The van der Waals surface area contributed by atoms with Gasteiger partial charge < -0.3 is 19.4 Å². The molecule has 0 unspecified atom stereocenters. The number of fused-ring (bicyclic) bond motifs is 1. The molecule has 2 aromatic carbocycles. The maximum atomic E-state index is 13.6. The van der Waals surface area contributed by atoms with Gasteiger partial charge in [-0.1, -0.05) is 30.3 Å². The molecule has 2 aliphatic rings. The molecule has 5 rings (SSSR count). The summed E-state index contributed by atoms with van der Waals surface area (Å²) >= 11 is 0. The Labute approximate surface area is 205 Å². The minimum absolute atomic E-state index is 0.0484. The molecule has 3 heterocycles. The molecular weight excluding hydrogens is 442 g/mol. The second-order valence-electron chi connectivity index (χ2n) is 8.88. The molecule has 182 valence electrons. The van der Waals surface area contributed by atoms with Crippen molar-refractivity contribution in [2.45, 2.75) is 26.4 Å². The molecular formula is C27H31N5O3. The zero-order chi connectivity index (χ0) is 24.4. The Hall–Kier alpha value is -3.81. The summed E-state index contributed by atoms with van der Waals surface area (Å²) in [7, 11) is 1.57. The van der Waals surface area contributed by atoms with Crippen LogP contribution in [0.3, 0.4) is 0 Å². The molecule has 8 nitrogen and oxygen atoms in total. The van der Waals surface area contributed by atoms with E-state index in [4.69, 9.17) is 9.84 Å². The Balaban J connectivity index is 1.35. The first-order chi connectivity index (χ1) is 17.1. The quantitative estimate of drug-likeness (QED) is 0.570. The van der Waals surface area contributed by atoms with Gasteiger partial charge in [-0.3, -0.25) is 14.3 Å². The smallest absolute Gasteiger partial charge is 0.274 e. The highest BCUT2D eigenvalue weighted by Gasteiger charge is 2.33. The average molecular weight is 474 g/mol. The van der Waals surface area contributed by atoms with E-state index in [0.29, 0.717) is 56.2 Å². The van der Waals surface area contributed by atoms with E-state index in [1.54, 1.807) is 24.1 Å². The molecule has 8 heteroatoms. The van der Waals surface area contributed by atoms with E-state index in [0.717, 1.165) is 24.3 Å². The highest BCUT2D eigenvalue weighted by Crippen LogP contribution is 2.28. The summed E-state index contributed by atoms with van der Waals surface area (Å²) in [6.45, 7) is 6.53. The normalized spacial score (nSPS) is 15.7. The van der Waals surface area contributed by atoms with E-state index >= 15 is 0 Å². The van der Waals surface area contributed by atoms with Gasteiger partial charge in [-0.15, -0.1) is 0 Å². The van der Waals surface area contributed by atoms with Crippen LogP contribution in [0.2, 0.25) is 0 Å². The highest BCUT2D eigenvalue weighted by atomic mass is 16.5. The van der Waals surface area contributed by atoms with Gasteiger partial charge in [0.1, 0.15) is 5.75 Å². The lowest BCUT2D eigenvalue weighted by Gasteiger charge is -2.36. The number of hydrogen-bond acceptors (Lipinski definition) is 5. The molecule has 0 radical (unpaired) electrons. The van der Waals surface area contributed by atoms with Crippen molar-refractivity contribution in [1.29, 1.82) is 0 Å². The van der Waals surface area contributed by atoms with Crippen molar-refractivity contribution < 1.29 is 14.3 Å². The number of anilines is 1. The SMILES string of the molecule is CCn1nc(C(=O)N2CCN(c3ccccc3)CC2)c2c1CCN(C(=O)c1ccccc1OC)C2. The third-order valence-electron chi connectivity index (χ3n) is 6.95. The molecule has 2 amide bonds. The van der Waals surface area contributed by atoms with Crippen LogP contribution in [-0.2, 0) is 19.5 Å². The summed E-state index contributed by atoms with van der Waals surface area (Å²) in [5, 5.41) is 4.71. The maximum absolute atomic E-state index is 13.6. The Morgan fingerprint density at radius 3 is 2.31 bits per heavy atom. The predicted octanol–water partition coefficient (Wildman–Crippen LogP) is 3.07. The summed E-state index contributed by atoms with van der Waals surface area (Å²) < 4.78 is 7.33. The molecule has 0 bridgehead atoms. The first-order valence-corrected chi connectivity index (χ1v) is 12.2. The molecule has 0 spiro atoms. The van der Waals surface area contributed by atoms with Gasteiger partial charge >= 0.3 is 0 Å². The van der Waals surface area contributed by atoms with Crippen LogP contribution in [0.5, 0.6) is 5.75 Å². The van der Waals surface area contributed by atoms with Gasteiger partial charge in [-0.2, -0.15) is 5.10 Å². The fourth-order valence-electron chi connectivity index (χ4n) is 5.05. The largest absolute Gasteiger partial charge is 0.496 e. The Bertz CT molecular complexity index is 1210. The number of aromatic nitrogens is 2. The number of carbonyl (C=O) groups excluding carboxylic acids is 2. The number of piperazine rings is 1. The predicted molar refractivity (Wildman–Crippen MR) is 134 cm³/mol. The van der Waals surface area contributed by atoms with Crippen LogP contribution >= 0.6 is 0 Å². The molecule has 3 aromatic rings. The van der Waals surface area contributed by atoms with E-state index in [9.17, 15) is 9.59 Å². The van der Waals surface area contributed by atoms with Crippen molar-refractivity contribution in [2.75, 3.05) is 44.7 Å². The fourth-order valence-corrected chi connectivity index (χ4v) is 5.05. The van der Waals surface area contributed by atoms with Crippen molar-refractivity contribution in [2.24, 2.45) is 0 Å². The van der Waals surface area contributed by atoms with Crippen molar-refractivity contribution in [1.82, 2.24) is 19.6 Å². The minimum Gasteiger partial charge on any atom is -0.496 e. The van der Waals surface area contributed by atoms with Crippen LogP contribution < -0.4 is 9.64 Å². The van der Waals surface area contributed by atoms with E-state index in [1.165, 1.54) is 5.69 Å². The zero-order valence-electron chi connectivity index (χ0n) is 20.3. The Morgan fingerprint density at radius 2 is 1.60 bits per heavy atom. The van der Waals surface area contributed by atoms with Gasteiger partial charge in [-0.05, 0) is 31.2 Å². The molecule has 35 heavy (non-hydrogen) atoms. The second kappa shape index (κ2) is 9.82. The van der Waals surface area contributed by atoms with Crippen molar-refractivity contribution in [3.8, 4) is 5.75 Å². The third kappa shape index (κ3) is 4.36. The van der Waals surface area contributed by atoms with Gasteiger partial charge in [0.15, 0.2) is 5.69 Å². The summed E-state index contributed by atoms with van der Waals surface area (Å²) in [6, 6.07) is 17.6. The van der Waals surface area contributed by atoms with Crippen molar-refractivity contribution in [3.05, 3.63) is 77.1 Å². The topological polar surface area (TPSA) is 70.9 Å².